The Morgan fingerprint density at radius 2 is 2.00 bits per heavy atom. The number of urea groups is 1. The van der Waals surface area contributed by atoms with Crippen LogP contribution in [-0.4, -0.2) is 36.2 Å². The molecule has 1 aromatic heterocycles. The van der Waals surface area contributed by atoms with E-state index < -0.39 is 30.1 Å². The first-order valence-electron chi connectivity index (χ1n) is 7.63. The van der Waals surface area contributed by atoms with Gasteiger partial charge in [0.05, 0.1) is 5.92 Å². The third kappa shape index (κ3) is 4.84. The summed E-state index contributed by atoms with van der Waals surface area (Å²) in [6.45, 7) is 0. The van der Waals surface area contributed by atoms with E-state index in [0.717, 1.165) is 0 Å². The molecule has 1 heterocycles. The number of alkyl halides is 3. The number of hydrogen-bond acceptors (Lipinski definition) is 3. The van der Waals surface area contributed by atoms with E-state index in [0.29, 0.717) is 12.8 Å². The molecule has 3 N–H and O–H groups in total. The van der Waals surface area contributed by atoms with Crippen LogP contribution in [0.1, 0.15) is 36.2 Å². The average molecular weight is 344 g/mol. The van der Waals surface area contributed by atoms with Crippen LogP contribution < -0.4 is 16.0 Å². The molecule has 0 spiro atoms. The first kappa shape index (κ1) is 18.0. The van der Waals surface area contributed by atoms with Gasteiger partial charge in [-0.05, 0) is 31.4 Å². The van der Waals surface area contributed by atoms with Gasteiger partial charge in [-0.25, -0.2) is 9.78 Å². The molecule has 2 unspecified atom stereocenters. The number of carbonyl (C=O) groups is 2. The lowest BCUT2D eigenvalue weighted by molar-refractivity contribution is -0.183. The van der Waals surface area contributed by atoms with Crippen molar-refractivity contribution in [2.75, 3.05) is 12.4 Å². The summed E-state index contributed by atoms with van der Waals surface area (Å²) in [7, 11) is 1.46. The Morgan fingerprint density at radius 1 is 1.25 bits per heavy atom. The fourth-order valence-corrected chi connectivity index (χ4v) is 2.71. The van der Waals surface area contributed by atoms with Crippen LogP contribution in [0.15, 0.2) is 18.2 Å². The number of rotatable bonds is 3. The predicted octanol–water partition coefficient (Wildman–Crippen LogP) is 2.68. The molecule has 0 bridgehead atoms. The molecule has 3 amide bonds. The van der Waals surface area contributed by atoms with Crippen LogP contribution >= 0.6 is 0 Å². The van der Waals surface area contributed by atoms with Crippen molar-refractivity contribution in [3.8, 4) is 0 Å². The molecule has 132 valence electrons. The van der Waals surface area contributed by atoms with Gasteiger partial charge in [0.2, 0.25) is 0 Å². The zero-order valence-electron chi connectivity index (χ0n) is 13.1. The molecule has 24 heavy (non-hydrogen) atoms. The maximum Gasteiger partial charge on any atom is 0.391 e. The summed E-state index contributed by atoms with van der Waals surface area (Å²) in [6.07, 6.45) is -3.34. The molecule has 9 heteroatoms. The highest BCUT2D eigenvalue weighted by molar-refractivity contribution is 5.93. The highest BCUT2D eigenvalue weighted by Crippen LogP contribution is 2.37. The molecule has 0 radical (unpaired) electrons. The van der Waals surface area contributed by atoms with E-state index >= 15 is 0 Å². The molecule has 2 rings (SSSR count). The smallest absolute Gasteiger partial charge is 0.354 e. The van der Waals surface area contributed by atoms with E-state index in [4.69, 9.17) is 0 Å². The van der Waals surface area contributed by atoms with E-state index in [-0.39, 0.29) is 24.4 Å². The molecule has 1 aliphatic rings. The quantitative estimate of drug-likeness (QED) is 0.788. The Kier molecular flexibility index (Phi) is 5.63. The monoisotopic (exact) mass is 344 g/mol. The van der Waals surface area contributed by atoms with E-state index in [1.54, 1.807) is 6.07 Å². The van der Waals surface area contributed by atoms with Crippen molar-refractivity contribution in [2.45, 2.75) is 37.9 Å². The van der Waals surface area contributed by atoms with Crippen molar-refractivity contribution in [3.63, 3.8) is 0 Å². The largest absolute Gasteiger partial charge is 0.391 e. The Balaban J connectivity index is 1.92. The first-order valence-corrected chi connectivity index (χ1v) is 7.63. The zero-order valence-corrected chi connectivity index (χ0v) is 13.1. The van der Waals surface area contributed by atoms with Crippen LogP contribution in [-0.2, 0) is 0 Å². The van der Waals surface area contributed by atoms with Gasteiger partial charge in [0.15, 0.2) is 0 Å². The fourth-order valence-electron chi connectivity index (χ4n) is 2.71. The van der Waals surface area contributed by atoms with Crippen molar-refractivity contribution in [1.82, 2.24) is 15.6 Å². The van der Waals surface area contributed by atoms with Gasteiger partial charge in [0.25, 0.3) is 5.91 Å². The van der Waals surface area contributed by atoms with Crippen LogP contribution in [0.25, 0.3) is 0 Å². The van der Waals surface area contributed by atoms with Crippen molar-refractivity contribution in [3.05, 3.63) is 23.9 Å². The molecule has 1 fully saturated rings. The number of anilines is 1. The van der Waals surface area contributed by atoms with Gasteiger partial charge < -0.3 is 10.6 Å². The lowest BCUT2D eigenvalue weighted by Crippen LogP contribution is -2.43. The SMILES string of the molecule is CNC(=O)c1cccc(NC(=O)NC2CCCC(C(F)(F)F)C2)n1. The molecule has 6 nitrogen and oxygen atoms in total. The summed E-state index contributed by atoms with van der Waals surface area (Å²) in [5.41, 5.74) is 0.130. The number of hydrogen-bond donors (Lipinski definition) is 3. The maximum absolute atomic E-state index is 12.8. The average Bonchev–Trinajstić information content (AvgIpc) is 2.53. The predicted molar refractivity (Wildman–Crippen MR) is 81.6 cm³/mol. The number of carbonyl (C=O) groups excluding carboxylic acids is 2. The van der Waals surface area contributed by atoms with E-state index in [1.165, 1.54) is 19.2 Å². The van der Waals surface area contributed by atoms with Gasteiger partial charge in [0.1, 0.15) is 11.5 Å². The van der Waals surface area contributed by atoms with Crippen molar-refractivity contribution in [1.29, 1.82) is 0 Å². The van der Waals surface area contributed by atoms with Crippen LogP contribution in [0, 0.1) is 5.92 Å². The normalized spacial score (nSPS) is 21.0. The standard InChI is InChI=1S/C15H19F3N4O2/c1-19-13(23)11-6-3-7-12(21-11)22-14(24)20-10-5-2-4-9(8-10)15(16,17)18/h3,6-7,9-10H,2,4-5,8H2,1H3,(H,19,23)(H2,20,21,22,24). The molecule has 1 aromatic rings. The second-order valence-electron chi connectivity index (χ2n) is 5.69. The second-order valence-corrected chi connectivity index (χ2v) is 5.69. The molecule has 1 aliphatic carbocycles. The van der Waals surface area contributed by atoms with E-state index in [2.05, 4.69) is 20.9 Å². The van der Waals surface area contributed by atoms with E-state index in [9.17, 15) is 22.8 Å². The maximum atomic E-state index is 12.8. The van der Waals surface area contributed by atoms with E-state index in [1.807, 2.05) is 0 Å². The topological polar surface area (TPSA) is 83.1 Å². The summed E-state index contributed by atoms with van der Waals surface area (Å²) >= 11 is 0. The van der Waals surface area contributed by atoms with Gasteiger partial charge >= 0.3 is 12.2 Å². The van der Waals surface area contributed by atoms with Crippen molar-refractivity contribution in [2.24, 2.45) is 5.92 Å². The fraction of sp³-hybridized carbons (Fsp3) is 0.533. The van der Waals surface area contributed by atoms with Gasteiger partial charge in [-0.15, -0.1) is 0 Å². The Labute approximate surface area is 137 Å². The molecule has 2 atom stereocenters. The van der Waals surface area contributed by atoms with Crippen LogP contribution in [0.2, 0.25) is 0 Å². The van der Waals surface area contributed by atoms with Crippen LogP contribution in [0.5, 0.6) is 0 Å². The second kappa shape index (κ2) is 7.50. The lowest BCUT2D eigenvalue weighted by Gasteiger charge is -2.30. The third-order valence-corrected chi connectivity index (χ3v) is 3.92. The molecular formula is C15H19F3N4O2. The van der Waals surface area contributed by atoms with Gasteiger partial charge in [-0.2, -0.15) is 13.2 Å². The minimum absolute atomic E-state index is 0.0963. The number of nitrogens with one attached hydrogen (secondary N) is 3. The first-order chi connectivity index (χ1) is 11.3. The Hall–Kier alpha value is -2.32. The number of amides is 3. The summed E-state index contributed by atoms with van der Waals surface area (Å²) in [6, 6.07) is 3.35. The van der Waals surface area contributed by atoms with Gasteiger partial charge in [-0.1, -0.05) is 12.5 Å². The summed E-state index contributed by atoms with van der Waals surface area (Å²) in [5.74, 6) is -1.64. The molecular weight excluding hydrogens is 325 g/mol. The summed E-state index contributed by atoms with van der Waals surface area (Å²) in [4.78, 5) is 27.4. The Morgan fingerprint density at radius 3 is 2.67 bits per heavy atom. The number of aromatic nitrogens is 1. The molecule has 0 aromatic carbocycles. The molecule has 1 saturated carbocycles. The van der Waals surface area contributed by atoms with Crippen LogP contribution in [0.4, 0.5) is 23.8 Å². The number of pyridine rings is 1. The summed E-state index contributed by atoms with van der Waals surface area (Å²) < 4.78 is 38.3. The third-order valence-electron chi connectivity index (χ3n) is 3.92. The molecule has 0 aliphatic heterocycles. The number of nitrogens with zero attached hydrogens (tertiary/aromatic N) is 1. The van der Waals surface area contributed by atoms with Gasteiger partial charge in [-0.3, -0.25) is 10.1 Å². The zero-order chi connectivity index (χ0) is 17.7. The lowest BCUT2D eigenvalue weighted by atomic mass is 9.85. The Bertz CT molecular complexity index is 607. The van der Waals surface area contributed by atoms with Crippen molar-refractivity contribution >= 4 is 17.8 Å². The van der Waals surface area contributed by atoms with Gasteiger partial charge in [0, 0.05) is 13.1 Å². The molecule has 0 saturated heterocycles. The minimum atomic E-state index is -4.24. The van der Waals surface area contributed by atoms with Crippen molar-refractivity contribution < 1.29 is 22.8 Å². The summed E-state index contributed by atoms with van der Waals surface area (Å²) in [5, 5.41) is 7.39. The highest BCUT2D eigenvalue weighted by atomic mass is 19.4. The highest BCUT2D eigenvalue weighted by Gasteiger charge is 2.42. The van der Waals surface area contributed by atoms with Crippen LogP contribution in [0.3, 0.4) is 0 Å². The number of halogens is 3. The minimum Gasteiger partial charge on any atom is -0.354 e.